The maximum atomic E-state index is 14.7. The summed E-state index contributed by atoms with van der Waals surface area (Å²) in [5.74, 6) is -6.51. The number of nitrogens with one attached hydrogen (secondary N) is 1. The Balaban J connectivity index is 1.64. The molecule has 0 spiro atoms. The molecule has 3 N–H and O–H groups in total. The first-order valence-corrected chi connectivity index (χ1v) is 11.2. The average molecular weight is 488 g/mol. The Morgan fingerprint density at radius 2 is 1.74 bits per heavy atom. The Morgan fingerprint density at radius 3 is 2.47 bits per heavy atom. The number of nitrogen functional groups attached to an aromatic ring is 1. The molecule has 34 heavy (non-hydrogen) atoms. The van der Waals surface area contributed by atoms with E-state index in [9.17, 15) is 21.6 Å². The van der Waals surface area contributed by atoms with Crippen LogP contribution in [-0.2, 0) is 15.8 Å². The smallest absolute Gasteiger partial charge is 0.237 e. The minimum atomic E-state index is -4.27. The summed E-state index contributed by atoms with van der Waals surface area (Å²) in [5, 5.41) is 0. The van der Waals surface area contributed by atoms with Gasteiger partial charge in [-0.15, -0.1) is 0 Å². The molecule has 4 rings (SSSR count). The van der Waals surface area contributed by atoms with E-state index in [1.165, 1.54) is 49.1 Å². The van der Waals surface area contributed by atoms with Gasteiger partial charge in [-0.25, -0.2) is 32.2 Å². The third-order valence-electron chi connectivity index (χ3n) is 4.42. The number of nitrogens with two attached hydrogens (primary N) is 1. The van der Waals surface area contributed by atoms with E-state index < -0.39 is 44.7 Å². The molecule has 0 unspecified atom stereocenters. The maximum Gasteiger partial charge on any atom is 0.237 e. The van der Waals surface area contributed by atoms with Crippen LogP contribution in [0.2, 0.25) is 0 Å². The Kier molecular flexibility index (Phi) is 6.27. The molecule has 0 saturated heterocycles. The Labute approximate surface area is 191 Å². The van der Waals surface area contributed by atoms with E-state index in [0.29, 0.717) is 11.6 Å². The number of rotatable bonds is 7. The van der Waals surface area contributed by atoms with Gasteiger partial charge in [-0.1, -0.05) is 0 Å². The SMILES string of the molecule is Nc1nccc(-c2cccnc2Oc2cc(F)c(NS(=O)(=O)Cc3ccncc3)c(F)c2F)n1. The highest BCUT2D eigenvalue weighted by atomic mass is 32.2. The third kappa shape index (κ3) is 5.04. The molecule has 13 heteroatoms. The molecule has 9 nitrogen and oxygen atoms in total. The first-order chi connectivity index (χ1) is 16.2. The Bertz CT molecular complexity index is 1460. The fourth-order valence-electron chi connectivity index (χ4n) is 2.93. The van der Waals surface area contributed by atoms with Crippen LogP contribution < -0.4 is 15.2 Å². The second-order valence-electron chi connectivity index (χ2n) is 6.83. The van der Waals surface area contributed by atoms with Gasteiger partial charge in [0.2, 0.25) is 27.7 Å². The molecule has 3 heterocycles. The predicted molar refractivity (Wildman–Crippen MR) is 117 cm³/mol. The highest BCUT2D eigenvalue weighted by Crippen LogP contribution is 2.35. The van der Waals surface area contributed by atoms with Gasteiger partial charge in [-0.3, -0.25) is 9.71 Å². The fourth-order valence-corrected chi connectivity index (χ4v) is 4.13. The second kappa shape index (κ2) is 9.31. The molecular formula is C21H15F3N6O3S. The number of benzene rings is 1. The summed E-state index contributed by atoms with van der Waals surface area (Å²) in [5.41, 5.74) is 5.24. The number of pyridine rings is 2. The standard InChI is InChI=1S/C21H15F3N6O3S/c22-14-10-16(33-20-13(2-1-6-27-20)15-5-9-28-21(25)29-15)17(23)18(24)19(14)30-34(31,32)11-12-3-7-26-8-4-12/h1-10,30H,11H2,(H2,25,28,29). The molecule has 0 amide bonds. The molecule has 1 aromatic carbocycles. The number of nitrogens with zero attached hydrogens (tertiary/aromatic N) is 4. The largest absolute Gasteiger partial charge is 0.435 e. The van der Waals surface area contributed by atoms with Gasteiger partial charge in [0.25, 0.3) is 0 Å². The molecular weight excluding hydrogens is 473 g/mol. The van der Waals surface area contributed by atoms with Gasteiger partial charge in [0, 0.05) is 30.9 Å². The topological polar surface area (TPSA) is 133 Å². The maximum absolute atomic E-state index is 14.7. The van der Waals surface area contributed by atoms with Crippen LogP contribution in [0.15, 0.2) is 61.2 Å². The van der Waals surface area contributed by atoms with Crippen molar-refractivity contribution in [1.29, 1.82) is 0 Å². The van der Waals surface area contributed by atoms with Gasteiger partial charge in [-0.2, -0.15) is 4.39 Å². The van der Waals surface area contributed by atoms with Gasteiger partial charge < -0.3 is 10.5 Å². The number of hydrogen-bond donors (Lipinski definition) is 2. The van der Waals surface area contributed by atoms with Crippen molar-refractivity contribution in [1.82, 2.24) is 19.9 Å². The number of aromatic nitrogens is 4. The van der Waals surface area contributed by atoms with Crippen molar-refractivity contribution in [3.63, 3.8) is 0 Å². The molecule has 0 aliphatic rings. The summed E-state index contributed by atoms with van der Waals surface area (Å²) < 4.78 is 75.8. The van der Waals surface area contributed by atoms with Crippen molar-refractivity contribution in [3.8, 4) is 22.9 Å². The first kappa shape index (κ1) is 22.9. The number of anilines is 2. The molecule has 0 bridgehead atoms. The Hall–Kier alpha value is -4.26. The average Bonchev–Trinajstić information content (AvgIpc) is 2.81. The Morgan fingerprint density at radius 1 is 0.971 bits per heavy atom. The minimum absolute atomic E-state index is 0.0426. The van der Waals surface area contributed by atoms with E-state index in [2.05, 4.69) is 19.9 Å². The number of hydrogen-bond acceptors (Lipinski definition) is 8. The van der Waals surface area contributed by atoms with E-state index in [-0.39, 0.29) is 23.1 Å². The lowest BCUT2D eigenvalue weighted by atomic mass is 10.2. The van der Waals surface area contributed by atoms with Gasteiger partial charge in [0.05, 0.1) is 17.0 Å². The van der Waals surface area contributed by atoms with Crippen LogP contribution in [0.5, 0.6) is 11.6 Å². The molecule has 0 atom stereocenters. The van der Waals surface area contributed by atoms with E-state index in [4.69, 9.17) is 10.5 Å². The second-order valence-corrected chi connectivity index (χ2v) is 8.56. The molecule has 0 aliphatic carbocycles. The van der Waals surface area contributed by atoms with Gasteiger partial charge in [0.1, 0.15) is 5.69 Å². The van der Waals surface area contributed by atoms with E-state index in [1.807, 2.05) is 0 Å². The van der Waals surface area contributed by atoms with Crippen molar-refractivity contribution in [3.05, 3.63) is 84.2 Å². The minimum Gasteiger partial charge on any atom is -0.435 e. The van der Waals surface area contributed by atoms with Gasteiger partial charge in [-0.05, 0) is 35.9 Å². The van der Waals surface area contributed by atoms with E-state index in [1.54, 1.807) is 10.8 Å². The molecule has 174 valence electrons. The normalized spacial score (nSPS) is 11.3. The summed E-state index contributed by atoms with van der Waals surface area (Å²) in [7, 11) is -4.27. The predicted octanol–water partition coefficient (Wildman–Crippen LogP) is 3.67. The fraction of sp³-hybridized carbons (Fsp3) is 0.0476. The summed E-state index contributed by atoms with van der Waals surface area (Å²) >= 11 is 0. The summed E-state index contributed by atoms with van der Waals surface area (Å²) in [6.07, 6.45) is 5.41. The molecule has 0 aliphatic heterocycles. The van der Waals surface area contributed by atoms with Crippen LogP contribution >= 0.6 is 0 Å². The first-order valence-electron chi connectivity index (χ1n) is 9.52. The van der Waals surface area contributed by atoms with Crippen LogP contribution in [0.4, 0.5) is 24.8 Å². The lowest BCUT2D eigenvalue weighted by Gasteiger charge is -2.14. The molecule has 0 radical (unpaired) electrons. The monoisotopic (exact) mass is 488 g/mol. The van der Waals surface area contributed by atoms with Crippen molar-refractivity contribution in [2.24, 2.45) is 0 Å². The molecule has 3 aromatic heterocycles. The van der Waals surface area contributed by atoms with Gasteiger partial charge >= 0.3 is 0 Å². The van der Waals surface area contributed by atoms with Crippen molar-refractivity contribution in [2.45, 2.75) is 5.75 Å². The summed E-state index contributed by atoms with van der Waals surface area (Å²) in [6.45, 7) is 0. The van der Waals surface area contributed by atoms with Crippen LogP contribution in [-0.4, -0.2) is 28.4 Å². The molecule has 4 aromatic rings. The van der Waals surface area contributed by atoms with E-state index in [0.717, 1.165) is 0 Å². The summed E-state index contributed by atoms with van der Waals surface area (Å²) in [4.78, 5) is 15.5. The zero-order valence-corrected chi connectivity index (χ0v) is 17.9. The summed E-state index contributed by atoms with van der Waals surface area (Å²) in [6, 6.07) is 7.89. The van der Waals surface area contributed by atoms with Crippen molar-refractivity contribution in [2.75, 3.05) is 10.5 Å². The number of sulfonamides is 1. The van der Waals surface area contributed by atoms with Crippen molar-refractivity contribution < 1.29 is 26.3 Å². The lowest BCUT2D eigenvalue weighted by Crippen LogP contribution is -2.18. The van der Waals surface area contributed by atoms with E-state index >= 15 is 0 Å². The number of ether oxygens (including phenoxy) is 1. The molecule has 0 saturated carbocycles. The highest BCUT2D eigenvalue weighted by molar-refractivity contribution is 7.91. The zero-order chi connectivity index (χ0) is 24.3. The van der Waals surface area contributed by atoms with Crippen LogP contribution in [0.1, 0.15) is 5.56 Å². The number of halogens is 3. The van der Waals surface area contributed by atoms with Crippen LogP contribution in [0.3, 0.4) is 0 Å². The quantitative estimate of drug-likeness (QED) is 0.377. The highest BCUT2D eigenvalue weighted by Gasteiger charge is 2.25. The van der Waals surface area contributed by atoms with Crippen LogP contribution in [0.25, 0.3) is 11.3 Å². The molecule has 0 fully saturated rings. The third-order valence-corrected chi connectivity index (χ3v) is 5.65. The van der Waals surface area contributed by atoms with Gasteiger partial charge in [0.15, 0.2) is 17.4 Å². The lowest BCUT2D eigenvalue weighted by molar-refractivity contribution is 0.401. The van der Waals surface area contributed by atoms with Crippen LogP contribution in [0, 0.1) is 17.5 Å². The van der Waals surface area contributed by atoms with Crippen molar-refractivity contribution >= 4 is 21.7 Å². The zero-order valence-electron chi connectivity index (χ0n) is 17.1.